The molecule has 3 rings (SSSR count). The van der Waals surface area contributed by atoms with E-state index in [1.54, 1.807) is 28.1 Å². The Kier molecular flexibility index (Phi) is 13.4. The van der Waals surface area contributed by atoms with Crippen LogP contribution < -0.4 is 0 Å². The Morgan fingerprint density at radius 3 is 2.31 bits per heavy atom. The summed E-state index contributed by atoms with van der Waals surface area (Å²) in [6, 6.07) is 0.232. The molecule has 0 aromatic carbocycles. The number of carbonyl (C=O) groups is 2. The smallest absolute Gasteiger partial charge is 0.319 e. The number of hydrogen-bond acceptors (Lipinski definition) is 11. The zero-order chi connectivity index (χ0) is 33.9. The largest absolute Gasteiger partial charge is 0.463 e. The minimum Gasteiger partial charge on any atom is -0.463 e. The second-order valence-electron chi connectivity index (χ2n) is 15.2. The van der Waals surface area contributed by atoms with Gasteiger partial charge in [-0.25, -0.2) is 0 Å². The molecule has 0 aromatic rings. The number of aliphatic hydroxyl groups is 1. The van der Waals surface area contributed by atoms with Crippen LogP contribution in [0.3, 0.4) is 0 Å². The van der Waals surface area contributed by atoms with Gasteiger partial charge in [-0.15, -0.1) is 0 Å². The van der Waals surface area contributed by atoms with E-state index in [0.29, 0.717) is 31.4 Å². The third-order valence-electron chi connectivity index (χ3n) is 10.9. The number of likely N-dealkylation sites (tertiary alicyclic amines) is 1. The van der Waals surface area contributed by atoms with Crippen molar-refractivity contribution in [1.82, 2.24) is 14.7 Å². The van der Waals surface area contributed by atoms with E-state index in [4.69, 9.17) is 23.7 Å². The third kappa shape index (κ3) is 8.84. The molecule has 3 saturated heterocycles. The highest BCUT2D eigenvalue weighted by Crippen LogP contribution is 2.40. The van der Waals surface area contributed by atoms with Gasteiger partial charge in [-0.2, -0.15) is 0 Å². The molecule has 0 aromatic heterocycles. The summed E-state index contributed by atoms with van der Waals surface area (Å²) in [5.41, 5.74) is -2.12. The molecule has 0 radical (unpaired) electrons. The Morgan fingerprint density at radius 1 is 1.09 bits per heavy atom. The van der Waals surface area contributed by atoms with Crippen molar-refractivity contribution in [3.05, 3.63) is 0 Å². The van der Waals surface area contributed by atoms with Crippen molar-refractivity contribution in [3.8, 4) is 0 Å². The van der Waals surface area contributed by atoms with Crippen molar-refractivity contribution < 1.29 is 38.4 Å². The predicted octanol–water partition coefficient (Wildman–Crippen LogP) is 2.53. The molecule has 11 nitrogen and oxygen atoms in total. The Hall–Kier alpha value is -1.18. The normalized spacial score (nSPS) is 39.0. The molecule has 1 N–H and O–H groups in total. The van der Waals surface area contributed by atoms with Crippen molar-refractivity contribution in [2.24, 2.45) is 29.1 Å². The van der Waals surface area contributed by atoms with E-state index in [1.807, 2.05) is 39.8 Å². The molecule has 262 valence electrons. The number of cyclic esters (lactones) is 1. The first-order chi connectivity index (χ1) is 21.0. The number of carbonyl (C=O) groups excluding carboxylic acids is 2. The molecule has 45 heavy (non-hydrogen) atoms. The quantitative estimate of drug-likeness (QED) is 0.296. The van der Waals surface area contributed by atoms with Gasteiger partial charge in [0.15, 0.2) is 12.1 Å². The van der Waals surface area contributed by atoms with E-state index in [-0.39, 0.29) is 43.1 Å². The van der Waals surface area contributed by atoms with Gasteiger partial charge >= 0.3 is 5.97 Å². The summed E-state index contributed by atoms with van der Waals surface area (Å²) in [5.74, 6) is -1.20. The monoisotopic (exact) mass is 641 g/mol. The third-order valence-corrected chi connectivity index (χ3v) is 10.9. The number of likely N-dealkylation sites (N-methyl/N-ethyl adjacent to an activating group) is 2. The maximum atomic E-state index is 14.2. The number of aliphatic hydroxyl groups excluding tert-OH is 1. The average Bonchev–Trinajstić information content (AvgIpc) is 2.94. The molecular weight excluding hydrogens is 578 g/mol. The maximum Gasteiger partial charge on any atom is 0.319 e. The van der Waals surface area contributed by atoms with Crippen LogP contribution in [0, 0.1) is 29.1 Å². The lowest BCUT2D eigenvalue weighted by atomic mass is 9.69. The van der Waals surface area contributed by atoms with Crippen molar-refractivity contribution in [3.63, 3.8) is 0 Å². The molecule has 0 amide bonds. The maximum absolute atomic E-state index is 14.2. The summed E-state index contributed by atoms with van der Waals surface area (Å²) in [5, 5.41) is 11.1. The van der Waals surface area contributed by atoms with E-state index < -0.39 is 41.2 Å². The molecule has 11 heteroatoms. The first kappa shape index (κ1) is 38.3. The highest BCUT2D eigenvalue weighted by molar-refractivity contribution is 6.04. The van der Waals surface area contributed by atoms with Gasteiger partial charge in [0.1, 0.15) is 18.1 Å². The SMILES string of the molecule is COCC(C)N1CC(C2COC(=O)C(C)(C)C(=O)[C@H](C)C(COC3O[C@H](C)CC(N(C)C)[C@H]3O)[C@](C)(OC)C[C@@H](C)CN2C)C1. The van der Waals surface area contributed by atoms with Crippen LogP contribution in [-0.2, 0) is 33.3 Å². The van der Waals surface area contributed by atoms with Crippen LogP contribution in [0.5, 0.6) is 0 Å². The fourth-order valence-electron chi connectivity index (χ4n) is 7.81. The summed E-state index contributed by atoms with van der Waals surface area (Å²) >= 11 is 0. The highest BCUT2D eigenvalue weighted by atomic mass is 16.7. The van der Waals surface area contributed by atoms with Gasteiger partial charge in [-0.1, -0.05) is 13.8 Å². The number of Topliss-reactive ketones (excluding diaryl/α,β-unsaturated/α-hetero) is 1. The van der Waals surface area contributed by atoms with Crippen LogP contribution in [0.15, 0.2) is 0 Å². The van der Waals surface area contributed by atoms with Crippen LogP contribution in [0.2, 0.25) is 0 Å². The molecule has 3 aliphatic rings. The summed E-state index contributed by atoms with van der Waals surface area (Å²) in [6.07, 6.45) is -0.419. The predicted molar refractivity (Wildman–Crippen MR) is 173 cm³/mol. The Balaban J connectivity index is 1.88. The van der Waals surface area contributed by atoms with E-state index in [2.05, 4.69) is 30.7 Å². The molecule has 3 fully saturated rings. The molecule has 5 unspecified atom stereocenters. The topological polar surface area (TPSA) is 110 Å². The Morgan fingerprint density at radius 2 is 1.73 bits per heavy atom. The minimum atomic E-state index is -1.36. The van der Waals surface area contributed by atoms with Crippen LogP contribution in [0.4, 0.5) is 0 Å². The lowest BCUT2D eigenvalue weighted by Crippen LogP contribution is -2.60. The van der Waals surface area contributed by atoms with Crippen molar-refractivity contribution in [2.45, 2.75) is 104 Å². The number of esters is 1. The zero-order valence-corrected chi connectivity index (χ0v) is 30.1. The summed E-state index contributed by atoms with van der Waals surface area (Å²) < 4.78 is 30.0. The van der Waals surface area contributed by atoms with Gasteiger partial charge < -0.3 is 33.7 Å². The lowest BCUT2D eigenvalue weighted by molar-refractivity contribution is -0.263. The first-order valence-electron chi connectivity index (χ1n) is 16.8. The number of rotatable bonds is 9. The molecule has 3 aliphatic heterocycles. The van der Waals surface area contributed by atoms with Gasteiger partial charge in [-0.3, -0.25) is 19.4 Å². The van der Waals surface area contributed by atoms with Crippen molar-refractivity contribution in [1.29, 1.82) is 0 Å². The average molecular weight is 642 g/mol. The number of ketones is 1. The summed E-state index contributed by atoms with van der Waals surface area (Å²) in [7, 11) is 9.38. The van der Waals surface area contributed by atoms with Crippen LogP contribution in [0.1, 0.15) is 61.3 Å². The van der Waals surface area contributed by atoms with Gasteiger partial charge in [-0.05, 0) is 74.5 Å². The van der Waals surface area contributed by atoms with Crippen molar-refractivity contribution >= 4 is 11.8 Å². The standard InChI is InChI=1S/C34H63N3O8/c1-21-14-34(7,42-12)26(19-43-31-29(38)27(35(8)9)13-23(3)45-31)24(4)30(39)33(5,6)32(40)44-20-28(36(10)15-21)25-16-37(17-25)22(2)18-41-11/h21-29,31,38H,13-20H2,1-12H3/t21-,22?,23-,24-,26?,27?,28?,29-,31?,34-/m1/s1. The minimum absolute atomic E-state index is 0.0241. The zero-order valence-electron chi connectivity index (χ0n) is 30.1. The number of nitrogens with zero attached hydrogens (tertiary/aromatic N) is 3. The second-order valence-corrected chi connectivity index (χ2v) is 15.2. The van der Waals surface area contributed by atoms with Gasteiger partial charge in [0, 0.05) is 69.7 Å². The second kappa shape index (κ2) is 15.8. The van der Waals surface area contributed by atoms with E-state index in [9.17, 15) is 14.7 Å². The summed E-state index contributed by atoms with van der Waals surface area (Å²) in [6.45, 7) is 17.2. The van der Waals surface area contributed by atoms with E-state index >= 15 is 0 Å². The van der Waals surface area contributed by atoms with Gasteiger partial charge in [0.25, 0.3) is 0 Å². The summed E-state index contributed by atoms with van der Waals surface area (Å²) in [4.78, 5) is 34.5. The van der Waals surface area contributed by atoms with Crippen molar-refractivity contribution in [2.75, 3.05) is 74.8 Å². The Labute approximate surface area is 272 Å². The molecule has 10 atom stereocenters. The Bertz CT molecular complexity index is 975. The van der Waals surface area contributed by atoms with Crippen LogP contribution in [-0.4, -0.2) is 149 Å². The van der Waals surface area contributed by atoms with Crippen LogP contribution in [0.25, 0.3) is 0 Å². The lowest BCUT2D eigenvalue weighted by Gasteiger charge is -2.49. The fourth-order valence-corrected chi connectivity index (χ4v) is 7.81. The first-order valence-corrected chi connectivity index (χ1v) is 16.8. The molecule has 3 heterocycles. The molecule has 0 bridgehead atoms. The number of ether oxygens (including phenoxy) is 5. The highest BCUT2D eigenvalue weighted by Gasteiger charge is 2.50. The van der Waals surface area contributed by atoms with E-state index in [0.717, 1.165) is 19.6 Å². The fraction of sp³-hybridized carbons (Fsp3) is 0.941. The van der Waals surface area contributed by atoms with Gasteiger partial charge in [0.2, 0.25) is 0 Å². The molecule has 0 saturated carbocycles. The molecule has 0 spiro atoms. The molecular formula is C34H63N3O8. The number of methoxy groups -OCH3 is 2. The number of hydrogen-bond donors (Lipinski definition) is 1. The van der Waals surface area contributed by atoms with Gasteiger partial charge in [0.05, 0.1) is 24.9 Å². The molecule has 0 aliphatic carbocycles. The van der Waals surface area contributed by atoms with Crippen LogP contribution >= 0.6 is 0 Å². The van der Waals surface area contributed by atoms with E-state index in [1.165, 1.54) is 0 Å².